The van der Waals surface area contributed by atoms with Gasteiger partial charge >= 0.3 is 5.97 Å². The smallest absolute Gasteiger partial charge is 0.320 e. The molecule has 0 amide bonds. The Morgan fingerprint density at radius 3 is 2.45 bits per heavy atom. The van der Waals surface area contributed by atoms with Crippen LogP contribution < -0.4 is 0 Å². The zero-order valence-corrected chi connectivity index (χ0v) is 6.99. The Hall–Kier alpha value is -0.380. The van der Waals surface area contributed by atoms with Crippen molar-refractivity contribution < 1.29 is 13.7 Å². The minimum Gasteiger partial charge on any atom is -0.445 e. The summed E-state index contributed by atoms with van der Waals surface area (Å²) < 4.78 is 16.5. The summed E-state index contributed by atoms with van der Waals surface area (Å²) in [6.07, 6.45) is 3.68. The minimum atomic E-state index is -1.06. The van der Waals surface area contributed by atoms with E-state index >= 15 is 0 Å². The van der Waals surface area contributed by atoms with E-state index in [0.29, 0.717) is 0 Å². The number of carbonyl (C=O) groups is 1. The summed E-state index contributed by atoms with van der Waals surface area (Å²) >= 11 is 0. The van der Waals surface area contributed by atoms with Crippen LogP contribution >= 0.6 is 0 Å². The molecule has 4 heteroatoms. The molecule has 2 rings (SSSR count). The largest absolute Gasteiger partial charge is 0.445 e. The summed E-state index contributed by atoms with van der Waals surface area (Å²) in [6.45, 7) is 0. The molecule has 1 heterocycles. The first kappa shape index (κ1) is 7.28. The zero-order chi connectivity index (χ0) is 7.90. The summed E-state index contributed by atoms with van der Waals surface area (Å²) in [7, 11) is -1.06. The first-order chi connectivity index (χ1) is 5.23. The number of ether oxygens (including phenoxy) is 1. The van der Waals surface area contributed by atoms with Crippen molar-refractivity contribution in [1.82, 2.24) is 0 Å². The van der Waals surface area contributed by atoms with E-state index < -0.39 is 15.7 Å². The van der Waals surface area contributed by atoms with Crippen molar-refractivity contribution in [2.24, 2.45) is 0 Å². The third-order valence-electron chi connectivity index (χ3n) is 2.33. The van der Waals surface area contributed by atoms with E-state index in [9.17, 15) is 9.00 Å². The molecule has 1 atom stereocenters. The second-order valence-corrected chi connectivity index (χ2v) is 4.81. The van der Waals surface area contributed by atoms with Gasteiger partial charge in [0.25, 0.3) is 0 Å². The first-order valence-corrected chi connectivity index (χ1v) is 5.15. The molecule has 0 aromatic carbocycles. The van der Waals surface area contributed by atoms with Gasteiger partial charge in [-0.15, -0.1) is 0 Å². The van der Waals surface area contributed by atoms with Crippen molar-refractivity contribution in [1.29, 1.82) is 0 Å². The van der Waals surface area contributed by atoms with Crippen LogP contribution in [0.3, 0.4) is 0 Å². The molecule has 0 bridgehead atoms. The third-order valence-corrected chi connectivity index (χ3v) is 4.15. The SMILES string of the molecule is O=C1CS(=O)C2(CCCC2)O1. The van der Waals surface area contributed by atoms with Crippen LogP contribution in [0.4, 0.5) is 0 Å². The lowest BCUT2D eigenvalue weighted by Crippen LogP contribution is -2.28. The Labute approximate surface area is 67.6 Å². The molecule has 0 aromatic heterocycles. The molecule has 1 saturated heterocycles. The quantitative estimate of drug-likeness (QED) is 0.504. The Bertz CT molecular complexity index is 218. The molecule has 3 nitrogen and oxygen atoms in total. The molecule has 1 aliphatic heterocycles. The molecule has 2 aliphatic rings. The summed E-state index contributed by atoms with van der Waals surface area (Å²) in [5, 5.41) is 0. The highest BCUT2D eigenvalue weighted by atomic mass is 32.2. The molecule has 1 spiro atoms. The van der Waals surface area contributed by atoms with Crippen molar-refractivity contribution in [3.63, 3.8) is 0 Å². The van der Waals surface area contributed by atoms with Crippen molar-refractivity contribution in [2.45, 2.75) is 30.6 Å². The molecular weight excluding hydrogens is 164 g/mol. The van der Waals surface area contributed by atoms with Gasteiger partial charge in [0.2, 0.25) is 0 Å². The van der Waals surface area contributed by atoms with E-state index in [4.69, 9.17) is 4.74 Å². The molecule has 0 radical (unpaired) electrons. The molecule has 11 heavy (non-hydrogen) atoms. The normalized spacial score (nSPS) is 34.5. The maximum absolute atomic E-state index is 11.4. The van der Waals surface area contributed by atoms with E-state index in [2.05, 4.69) is 0 Å². The summed E-state index contributed by atoms with van der Waals surface area (Å²) in [4.78, 5) is 10.2. The van der Waals surface area contributed by atoms with Crippen molar-refractivity contribution in [3.8, 4) is 0 Å². The first-order valence-electron chi connectivity index (χ1n) is 3.83. The molecule has 0 N–H and O–H groups in total. The van der Waals surface area contributed by atoms with Gasteiger partial charge in [-0.2, -0.15) is 0 Å². The Morgan fingerprint density at radius 1 is 1.36 bits per heavy atom. The zero-order valence-electron chi connectivity index (χ0n) is 6.17. The van der Waals surface area contributed by atoms with E-state index in [-0.39, 0.29) is 11.7 Å². The predicted molar refractivity (Wildman–Crippen MR) is 40.3 cm³/mol. The van der Waals surface area contributed by atoms with E-state index in [1.54, 1.807) is 0 Å². The second kappa shape index (κ2) is 2.30. The average molecular weight is 174 g/mol. The van der Waals surface area contributed by atoms with E-state index in [1.165, 1.54) is 0 Å². The van der Waals surface area contributed by atoms with Gasteiger partial charge in [0, 0.05) is 0 Å². The van der Waals surface area contributed by atoms with Crippen LogP contribution in [0.1, 0.15) is 25.7 Å². The maximum atomic E-state index is 11.4. The lowest BCUT2D eigenvalue weighted by Gasteiger charge is -2.18. The fourth-order valence-corrected chi connectivity index (χ4v) is 3.23. The van der Waals surface area contributed by atoms with Crippen molar-refractivity contribution in [3.05, 3.63) is 0 Å². The summed E-state index contributed by atoms with van der Waals surface area (Å²) in [5.74, 6) is -0.176. The molecule has 1 aliphatic carbocycles. The van der Waals surface area contributed by atoms with Crippen LogP contribution in [0.15, 0.2) is 0 Å². The number of esters is 1. The minimum absolute atomic E-state index is 0.111. The van der Waals surface area contributed by atoms with Gasteiger partial charge in [0.05, 0.1) is 10.8 Å². The molecule has 0 aromatic rings. The molecule has 62 valence electrons. The maximum Gasteiger partial charge on any atom is 0.320 e. The van der Waals surface area contributed by atoms with Crippen LogP contribution in [0, 0.1) is 0 Å². The fraction of sp³-hybridized carbons (Fsp3) is 0.857. The van der Waals surface area contributed by atoms with Gasteiger partial charge < -0.3 is 4.74 Å². The number of rotatable bonds is 0. The number of hydrogen-bond donors (Lipinski definition) is 0. The fourth-order valence-electron chi connectivity index (χ4n) is 1.77. The highest BCUT2D eigenvalue weighted by Gasteiger charge is 2.49. The molecular formula is C7H10O3S. The lowest BCUT2D eigenvalue weighted by molar-refractivity contribution is -0.145. The van der Waals surface area contributed by atoms with Crippen LogP contribution in [-0.4, -0.2) is 20.9 Å². The van der Waals surface area contributed by atoms with Crippen molar-refractivity contribution in [2.75, 3.05) is 5.75 Å². The van der Waals surface area contributed by atoms with Gasteiger partial charge in [-0.1, -0.05) is 0 Å². The highest BCUT2D eigenvalue weighted by molar-refractivity contribution is 7.87. The predicted octanol–water partition coefficient (Wildman–Crippen LogP) is 0.562. The topological polar surface area (TPSA) is 43.4 Å². The Kier molecular flexibility index (Phi) is 1.52. The van der Waals surface area contributed by atoms with Gasteiger partial charge in [-0.25, -0.2) is 0 Å². The molecule has 2 fully saturated rings. The van der Waals surface area contributed by atoms with E-state index in [1.807, 2.05) is 0 Å². The Morgan fingerprint density at radius 2 is 2.00 bits per heavy atom. The highest BCUT2D eigenvalue weighted by Crippen LogP contribution is 2.39. The van der Waals surface area contributed by atoms with Gasteiger partial charge in [0.15, 0.2) is 4.93 Å². The van der Waals surface area contributed by atoms with Gasteiger partial charge in [-0.3, -0.25) is 9.00 Å². The monoisotopic (exact) mass is 174 g/mol. The van der Waals surface area contributed by atoms with Crippen LogP contribution in [0.25, 0.3) is 0 Å². The van der Waals surface area contributed by atoms with Crippen molar-refractivity contribution >= 4 is 16.8 Å². The van der Waals surface area contributed by atoms with Crippen LogP contribution in [0.5, 0.6) is 0 Å². The molecule has 1 unspecified atom stereocenters. The number of hydrogen-bond acceptors (Lipinski definition) is 3. The van der Waals surface area contributed by atoms with Gasteiger partial charge in [-0.05, 0) is 25.7 Å². The standard InChI is InChI=1S/C7H10O3S/c8-6-5-11(9)7(10-6)3-1-2-4-7/h1-5H2. The molecule has 1 saturated carbocycles. The van der Waals surface area contributed by atoms with Gasteiger partial charge in [0.1, 0.15) is 5.75 Å². The lowest BCUT2D eigenvalue weighted by atomic mass is 10.3. The summed E-state index contributed by atoms with van der Waals surface area (Å²) in [5.41, 5.74) is 0. The van der Waals surface area contributed by atoms with Crippen LogP contribution in [0.2, 0.25) is 0 Å². The van der Waals surface area contributed by atoms with E-state index in [0.717, 1.165) is 25.7 Å². The second-order valence-electron chi connectivity index (χ2n) is 3.08. The Balaban J connectivity index is 2.24. The van der Waals surface area contributed by atoms with Crippen LogP contribution in [-0.2, 0) is 20.3 Å². The number of carbonyl (C=O) groups excluding carboxylic acids is 1. The average Bonchev–Trinajstić information content (AvgIpc) is 2.45. The summed E-state index contributed by atoms with van der Waals surface area (Å²) in [6, 6.07) is 0. The third kappa shape index (κ3) is 1.00.